The highest BCUT2D eigenvalue weighted by Crippen LogP contribution is 2.45. The van der Waals surface area contributed by atoms with E-state index in [4.69, 9.17) is 9.47 Å². The van der Waals surface area contributed by atoms with Gasteiger partial charge in [0.2, 0.25) is 0 Å². The molecule has 1 amide bonds. The molecule has 2 rings (SSSR count). The molecule has 1 saturated carbocycles. The van der Waals surface area contributed by atoms with E-state index in [-0.39, 0.29) is 17.7 Å². The van der Waals surface area contributed by atoms with Gasteiger partial charge in [0, 0.05) is 0 Å². The normalized spacial score (nSPS) is 27.1. The Morgan fingerprint density at radius 3 is 2.59 bits per heavy atom. The van der Waals surface area contributed by atoms with Crippen LogP contribution in [0.4, 0.5) is 4.79 Å². The molecule has 1 saturated heterocycles. The fourth-order valence-electron chi connectivity index (χ4n) is 2.19. The number of carbonyl (C=O) groups is 1. The average Bonchev–Trinajstić information content (AvgIpc) is 2.97. The van der Waals surface area contributed by atoms with Gasteiger partial charge in [-0.2, -0.15) is 0 Å². The Morgan fingerprint density at radius 1 is 1.47 bits per heavy atom. The van der Waals surface area contributed by atoms with Crippen molar-refractivity contribution in [3.63, 3.8) is 0 Å². The van der Waals surface area contributed by atoms with Crippen molar-refractivity contribution in [2.24, 2.45) is 0 Å². The first-order chi connectivity index (χ1) is 7.86. The minimum atomic E-state index is -0.423. The molecule has 0 bridgehead atoms. The Bertz CT molecular complexity index is 304. The largest absolute Gasteiger partial charge is 0.444 e. The van der Waals surface area contributed by atoms with Crippen molar-refractivity contribution >= 4 is 6.09 Å². The maximum absolute atomic E-state index is 12.2. The molecule has 0 unspecified atom stereocenters. The third-order valence-electron chi connectivity index (χ3n) is 3.44. The Balaban J connectivity index is 2.03. The molecule has 4 heteroatoms. The van der Waals surface area contributed by atoms with E-state index in [1.165, 1.54) is 0 Å². The first kappa shape index (κ1) is 12.7. The van der Waals surface area contributed by atoms with Gasteiger partial charge < -0.3 is 9.47 Å². The van der Waals surface area contributed by atoms with Gasteiger partial charge in [-0.25, -0.2) is 4.79 Å². The van der Waals surface area contributed by atoms with E-state index < -0.39 is 5.60 Å². The molecule has 1 atom stereocenters. The zero-order valence-electron chi connectivity index (χ0n) is 11.3. The lowest BCUT2D eigenvalue weighted by Crippen LogP contribution is -2.55. The summed E-state index contributed by atoms with van der Waals surface area (Å²) in [6.07, 6.45) is 3.01. The number of carbonyl (C=O) groups excluding carboxylic acids is 1. The van der Waals surface area contributed by atoms with Crippen molar-refractivity contribution < 1.29 is 14.3 Å². The molecule has 0 aromatic carbocycles. The van der Waals surface area contributed by atoms with Crippen LogP contribution >= 0.6 is 0 Å². The summed E-state index contributed by atoms with van der Waals surface area (Å²) in [4.78, 5) is 14.1. The summed E-state index contributed by atoms with van der Waals surface area (Å²) in [6.45, 7) is 9.14. The van der Waals surface area contributed by atoms with E-state index >= 15 is 0 Å². The molecular formula is C13H23NO3. The molecule has 0 N–H and O–H groups in total. The number of hydrogen-bond donors (Lipinski definition) is 0. The highest BCUT2D eigenvalue weighted by Gasteiger charge is 2.54. The zero-order chi connectivity index (χ0) is 12.7. The highest BCUT2D eigenvalue weighted by molar-refractivity contribution is 5.70. The van der Waals surface area contributed by atoms with Crippen LogP contribution in [-0.4, -0.2) is 41.4 Å². The second kappa shape index (κ2) is 4.16. The predicted octanol–water partition coefficient (Wildman–Crippen LogP) is 2.56. The van der Waals surface area contributed by atoms with Gasteiger partial charge in [-0.3, -0.25) is 4.90 Å². The van der Waals surface area contributed by atoms with E-state index in [9.17, 15) is 4.79 Å². The van der Waals surface area contributed by atoms with Crippen LogP contribution in [0.25, 0.3) is 0 Å². The van der Waals surface area contributed by atoms with Crippen LogP contribution in [0.3, 0.4) is 0 Å². The minimum absolute atomic E-state index is 0.0476. The predicted molar refractivity (Wildman–Crippen MR) is 64.9 cm³/mol. The Kier molecular flexibility index (Phi) is 3.10. The third-order valence-corrected chi connectivity index (χ3v) is 3.44. The smallest absolute Gasteiger partial charge is 0.410 e. The van der Waals surface area contributed by atoms with Gasteiger partial charge in [-0.05, 0) is 40.0 Å². The Labute approximate surface area is 103 Å². The maximum Gasteiger partial charge on any atom is 0.410 e. The van der Waals surface area contributed by atoms with Crippen LogP contribution in [0.15, 0.2) is 0 Å². The molecule has 1 aliphatic carbocycles. The summed E-state index contributed by atoms with van der Waals surface area (Å²) >= 11 is 0. The summed E-state index contributed by atoms with van der Waals surface area (Å²) in [5, 5.41) is 0. The number of ether oxygens (including phenoxy) is 2. The van der Waals surface area contributed by atoms with Gasteiger partial charge in [-0.1, -0.05) is 6.92 Å². The molecule has 1 spiro atoms. The van der Waals surface area contributed by atoms with Gasteiger partial charge >= 0.3 is 6.09 Å². The van der Waals surface area contributed by atoms with Gasteiger partial charge in [0.05, 0.1) is 24.8 Å². The van der Waals surface area contributed by atoms with Crippen molar-refractivity contribution in [2.75, 3.05) is 13.2 Å². The summed E-state index contributed by atoms with van der Waals surface area (Å²) in [5.74, 6) is 0. The summed E-state index contributed by atoms with van der Waals surface area (Å²) in [7, 11) is 0. The van der Waals surface area contributed by atoms with Gasteiger partial charge in [-0.15, -0.1) is 0 Å². The van der Waals surface area contributed by atoms with Crippen LogP contribution in [-0.2, 0) is 9.47 Å². The molecule has 2 aliphatic rings. The quantitative estimate of drug-likeness (QED) is 0.708. The van der Waals surface area contributed by atoms with Crippen molar-refractivity contribution in [3.05, 3.63) is 0 Å². The highest BCUT2D eigenvalue weighted by atomic mass is 16.6. The fourth-order valence-corrected chi connectivity index (χ4v) is 2.19. The van der Waals surface area contributed by atoms with Crippen LogP contribution in [0.2, 0.25) is 0 Å². The van der Waals surface area contributed by atoms with Gasteiger partial charge in [0.15, 0.2) is 0 Å². The lowest BCUT2D eigenvalue weighted by molar-refractivity contribution is -0.0790. The molecule has 17 heavy (non-hydrogen) atoms. The number of morpholine rings is 1. The van der Waals surface area contributed by atoms with E-state index in [1.54, 1.807) is 0 Å². The number of rotatable bonds is 1. The SMILES string of the molecule is CC[C@H]1CN(C(=O)OC(C)(C)C)C2(CC2)CO1. The van der Waals surface area contributed by atoms with Crippen molar-refractivity contribution in [1.82, 2.24) is 4.90 Å². The summed E-state index contributed by atoms with van der Waals surface area (Å²) < 4.78 is 11.2. The van der Waals surface area contributed by atoms with Crippen LogP contribution < -0.4 is 0 Å². The van der Waals surface area contributed by atoms with Crippen LogP contribution in [0, 0.1) is 0 Å². The second-order valence-corrected chi connectivity index (χ2v) is 6.16. The molecule has 98 valence electrons. The van der Waals surface area contributed by atoms with Gasteiger partial charge in [0.25, 0.3) is 0 Å². The monoisotopic (exact) mass is 241 g/mol. The standard InChI is InChI=1S/C13H23NO3/c1-5-10-8-14(11(15)17-12(2,3)4)13(6-7-13)9-16-10/h10H,5-9H2,1-4H3/t10-/m0/s1. The Morgan fingerprint density at radius 2 is 2.12 bits per heavy atom. The molecule has 0 radical (unpaired) electrons. The van der Waals surface area contributed by atoms with Crippen molar-refractivity contribution in [1.29, 1.82) is 0 Å². The first-order valence-electron chi connectivity index (χ1n) is 6.48. The van der Waals surface area contributed by atoms with Crippen molar-refractivity contribution in [3.8, 4) is 0 Å². The van der Waals surface area contributed by atoms with Gasteiger partial charge in [0.1, 0.15) is 5.60 Å². The topological polar surface area (TPSA) is 38.8 Å². The third kappa shape index (κ3) is 2.73. The van der Waals surface area contributed by atoms with E-state index in [2.05, 4.69) is 6.92 Å². The fraction of sp³-hybridized carbons (Fsp3) is 0.923. The number of nitrogens with zero attached hydrogens (tertiary/aromatic N) is 1. The lowest BCUT2D eigenvalue weighted by atomic mass is 10.1. The van der Waals surface area contributed by atoms with E-state index in [0.29, 0.717) is 13.2 Å². The maximum atomic E-state index is 12.2. The molecule has 0 aromatic rings. The molecular weight excluding hydrogens is 218 g/mol. The lowest BCUT2D eigenvalue weighted by Gasteiger charge is -2.40. The number of hydrogen-bond acceptors (Lipinski definition) is 3. The van der Waals surface area contributed by atoms with E-state index in [1.807, 2.05) is 25.7 Å². The molecule has 0 aromatic heterocycles. The molecule has 1 heterocycles. The molecule has 4 nitrogen and oxygen atoms in total. The summed E-state index contributed by atoms with van der Waals surface area (Å²) in [5.41, 5.74) is -0.471. The molecule has 1 aliphatic heterocycles. The summed E-state index contributed by atoms with van der Waals surface area (Å²) in [6, 6.07) is 0. The minimum Gasteiger partial charge on any atom is -0.444 e. The zero-order valence-corrected chi connectivity index (χ0v) is 11.3. The first-order valence-corrected chi connectivity index (χ1v) is 6.48. The second-order valence-electron chi connectivity index (χ2n) is 6.16. The number of amides is 1. The Hall–Kier alpha value is -0.770. The average molecular weight is 241 g/mol. The molecule has 2 fully saturated rings. The van der Waals surface area contributed by atoms with Crippen LogP contribution in [0.1, 0.15) is 47.0 Å². The van der Waals surface area contributed by atoms with Crippen molar-refractivity contribution in [2.45, 2.75) is 64.2 Å². The van der Waals surface area contributed by atoms with E-state index in [0.717, 1.165) is 19.3 Å². The van der Waals surface area contributed by atoms with Crippen LogP contribution in [0.5, 0.6) is 0 Å².